The fourth-order valence-electron chi connectivity index (χ4n) is 5.25. The van der Waals surface area contributed by atoms with Crippen LogP contribution in [0.2, 0.25) is 0 Å². The lowest BCUT2D eigenvalue weighted by atomic mass is 9.78. The molecule has 0 aliphatic heterocycles. The summed E-state index contributed by atoms with van der Waals surface area (Å²) in [6, 6.07) is 26.9. The Balaban J connectivity index is 1.87. The van der Waals surface area contributed by atoms with Gasteiger partial charge in [-0.05, 0) is 62.7 Å². The third-order valence-corrected chi connectivity index (χ3v) is 7.47. The van der Waals surface area contributed by atoms with E-state index >= 15 is 0 Å². The first kappa shape index (κ1) is 29.1. The number of anilines is 1. The van der Waals surface area contributed by atoms with Gasteiger partial charge in [-0.25, -0.2) is 4.79 Å². The monoisotopic (exact) mass is 539 g/mol. The number of aromatic hydroxyl groups is 1. The summed E-state index contributed by atoms with van der Waals surface area (Å²) >= 11 is 0. The van der Waals surface area contributed by atoms with Crippen LogP contribution in [-0.4, -0.2) is 35.4 Å². The molecule has 6 nitrogen and oxygen atoms in total. The summed E-state index contributed by atoms with van der Waals surface area (Å²) in [5, 5.41) is 16.9. The maximum atomic E-state index is 13.6. The minimum Gasteiger partial charge on any atom is -0.507 e. The normalized spacial score (nSPS) is 13.4. The van der Waals surface area contributed by atoms with Crippen molar-refractivity contribution in [2.75, 3.05) is 25.1 Å². The molecule has 0 aliphatic carbocycles. The van der Waals surface area contributed by atoms with E-state index in [1.54, 1.807) is 18.2 Å². The predicted octanol–water partition coefficient (Wildman–Crippen LogP) is 7.64. The summed E-state index contributed by atoms with van der Waals surface area (Å²) in [7, 11) is 0. The van der Waals surface area contributed by atoms with Gasteiger partial charge < -0.3 is 14.4 Å². The molecule has 3 aromatic carbocycles. The largest absolute Gasteiger partial charge is 0.507 e. The highest BCUT2D eigenvalue weighted by molar-refractivity contribution is 5.88. The summed E-state index contributed by atoms with van der Waals surface area (Å²) in [5.41, 5.74) is 6.01. The molecule has 0 aliphatic rings. The molecule has 6 heteroatoms. The van der Waals surface area contributed by atoms with Gasteiger partial charge >= 0.3 is 5.63 Å². The first-order valence-electron chi connectivity index (χ1n) is 14.4. The standard InChI is InChI=1S/C34H41N3O3/c1-4-6-22-37(23-7-5-2)24-29(25(3)35-36-27-18-12-9-13-19-27)31(26-16-10-8-11-17-26)32-33(38)28-20-14-15-21-30(28)40-34(32)39/h8-21,29,31,36,38H,4-7,22-24H2,1-3H3/b35-25-/t29-,31-/m1/s1. The van der Waals surface area contributed by atoms with Crippen molar-refractivity contribution in [1.82, 2.24) is 4.90 Å². The number of para-hydroxylation sites is 2. The third kappa shape index (κ3) is 7.19. The predicted molar refractivity (Wildman–Crippen MR) is 165 cm³/mol. The molecule has 40 heavy (non-hydrogen) atoms. The van der Waals surface area contributed by atoms with Crippen LogP contribution >= 0.6 is 0 Å². The Morgan fingerprint density at radius 1 is 0.900 bits per heavy atom. The molecule has 0 unspecified atom stereocenters. The first-order chi connectivity index (χ1) is 19.5. The van der Waals surface area contributed by atoms with Crippen LogP contribution in [0.5, 0.6) is 5.75 Å². The Hall–Kier alpha value is -3.90. The molecule has 0 radical (unpaired) electrons. The van der Waals surface area contributed by atoms with Crippen molar-refractivity contribution in [3.63, 3.8) is 0 Å². The van der Waals surface area contributed by atoms with E-state index < -0.39 is 11.5 Å². The summed E-state index contributed by atoms with van der Waals surface area (Å²) in [5.74, 6) is -0.695. The molecule has 2 atom stereocenters. The second-order valence-corrected chi connectivity index (χ2v) is 10.4. The van der Waals surface area contributed by atoms with Gasteiger partial charge in [0.15, 0.2) is 0 Å². The van der Waals surface area contributed by atoms with Gasteiger partial charge in [-0.1, -0.05) is 87.4 Å². The van der Waals surface area contributed by atoms with Gasteiger partial charge in [0.25, 0.3) is 0 Å². The Kier molecular flexibility index (Phi) is 10.5. The zero-order valence-corrected chi connectivity index (χ0v) is 23.8. The van der Waals surface area contributed by atoms with Crippen molar-refractivity contribution >= 4 is 22.4 Å². The number of nitrogens with zero attached hydrogens (tertiary/aromatic N) is 2. The quantitative estimate of drug-likeness (QED) is 0.0978. The molecule has 0 spiro atoms. The molecule has 0 amide bonds. The lowest BCUT2D eigenvalue weighted by molar-refractivity contribution is 0.238. The van der Waals surface area contributed by atoms with E-state index in [1.165, 1.54) is 0 Å². The Morgan fingerprint density at radius 3 is 2.15 bits per heavy atom. The maximum Gasteiger partial charge on any atom is 0.343 e. The van der Waals surface area contributed by atoms with Gasteiger partial charge in [0.1, 0.15) is 11.3 Å². The van der Waals surface area contributed by atoms with E-state index in [-0.39, 0.29) is 17.2 Å². The van der Waals surface area contributed by atoms with Crippen LogP contribution in [0.1, 0.15) is 63.5 Å². The van der Waals surface area contributed by atoms with Gasteiger partial charge in [0, 0.05) is 24.1 Å². The molecule has 0 saturated heterocycles. The van der Waals surface area contributed by atoms with Gasteiger partial charge in [0.05, 0.1) is 16.6 Å². The number of nitrogens with one attached hydrogen (secondary N) is 1. The fourth-order valence-corrected chi connectivity index (χ4v) is 5.25. The zero-order chi connectivity index (χ0) is 28.3. The van der Waals surface area contributed by atoms with E-state index in [4.69, 9.17) is 9.52 Å². The summed E-state index contributed by atoms with van der Waals surface area (Å²) in [4.78, 5) is 16.1. The van der Waals surface area contributed by atoms with Gasteiger partial charge in [-0.2, -0.15) is 5.10 Å². The maximum absolute atomic E-state index is 13.6. The smallest absolute Gasteiger partial charge is 0.343 e. The molecule has 0 saturated carbocycles. The van der Waals surface area contributed by atoms with Crippen LogP contribution in [0.3, 0.4) is 0 Å². The van der Waals surface area contributed by atoms with Crippen LogP contribution in [0.25, 0.3) is 11.0 Å². The van der Waals surface area contributed by atoms with Crippen molar-refractivity contribution in [1.29, 1.82) is 0 Å². The molecule has 1 heterocycles. The lowest BCUT2D eigenvalue weighted by Crippen LogP contribution is -2.38. The minimum atomic E-state index is -0.521. The van der Waals surface area contributed by atoms with Crippen molar-refractivity contribution in [2.24, 2.45) is 11.0 Å². The highest BCUT2D eigenvalue weighted by Gasteiger charge is 2.34. The summed E-state index contributed by atoms with van der Waals surface area (Å²) in [6.07, 6.45) is 4.39. The van der Waals surface area contributed by atoms with Crippen molar-refractivity contribution < 1.29 is 9.52 Å². The highest BCUT2D eigenvalue weighted by atomic mass is 16.4. The third-order valence-electron chi connectivity index (χ3n) is 7.47. The van der Waals surface area contributed by atoms with Gasteiger partial charge in [-0.15, -0.1) is 0 Å². The van der Waals surface area contributed by atoms with Crippen LogP contribution in [0.4, 0.5) is 5.69 Å². The Bertz CT molecular complexity index is 1430. The number of hydrazone groups is 1. The van der Waals surface area contributed by atoms with Gasteiger partial charge in [0.2, 0.25) is 0 Å². The van der Waals surface area contributed by atoms with Crippen LogP contribution in [-0.2, 0) is 0 Å². The second-order valence-electron chi connectivity index (χ2n) is 10.4. The van der Waals surface area contributed by atoms with E-state index in [0.29, 0.717) is 17.5 Å². The summed E-state index contributed by atoms with van der Waals surface area (Å²) < 4.78 is 5.79. The van der Waals surface area contributed by atoms with E-state index in [0.717, 1.165) is 55.7 Å². The molecule has 0 fully saturated rings. The number of fused-ring (bicyclic) bond motifs is 1. The van der Waals surface area contributed by atoms with E-state index in [9.17, 15) is 9.90 Å². The van der Waals surface area contributed by atoms with Crippen LogP contribution < -0.4 is 11.1 Å². The average molecular weight is 540 g/mol. The van der Waals surface area contributed by atoms with Gasteiger partial charge in [-0.3, -0.25) is 5.43 Å². The van der Waals surface area contributed by atoms with Crippen LogP contribution in [0, 0.1) is 5.92 Å². The number of unbranched alkanes of at least 4 members (excludes halogenated alkanes) is 2. The number of benzene rings is 3. The molecule has 4 aromatic rings. The molecular formula is C34H41N3O3. The van der Waals surface area contributed by atoms with Crippen molar-refractivity contribution in [3.8, 4) is 5.75 Å². The molecule has 4 rings (SSSR count). The molecule has 2 N–H and O–H groups in total. The molecule has 210 valence electrons. The minimum absolute atomic E-state index is 0.0248. The van der Waals surface area contributed by atoms with Crippen molar-refractivity contribution in [3.05, 3.63) is 106 Å². The van der Waals surface area contributed by atoms with Crippen molar-refractivity contribution in [2.45, 2.75) is 52.4 Å². The van der Waals surface area contributed by atoms with Crippen LogP contribution in [0.15, 0.2) is 99.2 Å². The molecule has 0 bridgehead atoms. The molecular weight excluding hydrogens is 498 g/mol. The molecule has 1 aromatic heterocycles. The first-order valence-corrected chi connectivity index (χ1v) is 14.4. The zero-order valence-electron chi connectivity index (χ0n) is 23.8. The Labute approximate surface area is 237 Å². The highest BCUT2D eigenvalue weighted by Crippen LogP contribution is 2.39. The lowest BCUT2D eigenvalue weighted by Gasteiger charge is -2.33. The number of rotatable bonds is 14. The number of hydrogen-bond acceptors (Lipinski definition) is 6. The Morgan fingerprint density at radius 2 is 1.50 bits per heavy atom. The SMILES string of the molecule is CCCCN(CCCC)C[C@H](/C(C)=N\Nc1ccccc1)[C@@H](c1ccccc1)c1c(O)c2ccccc2oc1=O. The summed E-state index contributed by atoms with van der Waals surface area (Å²) in [6.45, 7) is 9.04. The average Bonchev–Trinajstić information content (AvgIpc) is 2.99. The topological polar surface area (TPSA) is 78.1 Å². The number of hydrogen-bond donors (Lipinski definition) is 2. The van der Waals surface area contributed by atoms with E-state index in [2.05, 4.69) is 24.2 Å². The fraction of sp³-hybridized carbons (Fsp3) is 0.353. The van der Waals surface area contributed by atoms with E-state index in [1.807, 2.05) is 73.7 Å². The second kappa shape index (κ2) is 14.5.